The third-order valence-electron chi connectivity index (χ3n) is 4.76. The van der Waals surface area contributed by atoms with E-state index in [1.165, 1.54) is 43.4 Å². The number of rotatable bonds is 4. The van der Waals surface area contributed by atoms with Crippen LogP contribution < -0.4 is 5.32 Å². The number of hydrogen-bond acceptors (Lipinski definition) is 2. The van der Waals surface area contributed by atoms with Crippen molar-refractivity contribution < 1.29 is 0 Å². The Morgan fingerprint density at radius 3 is 2.58 bits per heavy atom. The SMILES string of the molecule is CCC1CCC(NCc2cc(C#N)n(C)c2C)CC1. The number of hydrogen-bond donors (Lipinski definition) is 1. The molecule has 1 saturated carbocycles. The molecular formula is C16H25N3. The fraction of sp³-hybridized carbons (Fsp3) is 0.688. The summed E-state index contributed by atoms with van der Waals surface area (Å²) in [6.45, 7) is 5.28. The molecule has 3 nitrogen and oxygen atoms in total. The van der Waals surface area contributed by atoms with Crippen LogP contribution in [0, 0.1) is 24.2 Å². The van der Waals surface area contributed by atoms with E-state index in [-0.39, 0.29) is 0 Å². The van der Waals surface area contributed by atoms with Crippen molar-refractivity contribution in [2.45, 2.75) is 58.5 Å². The normalized spacial score (nSPS) is 23.3. The largest absolute Gasteiger partial charge is 0.340 e. The number of nitriles is 1. The summed E-state index contributed by atoms with van der Waals surface area (Å²) < 4.78 is 1.98. The van der Waals surface area contributed by atoms with Crippen LogP contribution in [0.5, 0.6) is 0 Å². The molecule has 0 bridgehead atoms. The van der Waals surface area contributed by atoms with Gasteiger partial charge in [0.25, 0.3) is 0 Å². The van der Waals surface area contributed by atoms with Gasteiger partial charge in [0.2, 0.25) is 0 Å². The standard InChI is InChI=1S/C16H25N3/c1-4-13-5-7-15(8-6-13)18-11-14-9-16(10-17)19(3)12(14)2/h9,13,15,18H,4-8,11H2,1-3H3. The van der Waals surface area contributed by atoms with Gasteiger partial charge in [-0.15, -0.1) is 0 Å². The second kappa shape index (κ2) is 6.25. The molecule has 1 heterocycles. The summed E-state index contributed by atoms with van der Waals surface area (Å²) in [5.74, 6) is 0.946. The molecule has 0 amide bonds. The van der Waals surface area contributed by atoms with Crippen LogP contribution in [0.1, 0.15) is 56.0 Å². The van der Waals surface area contributed by atoms with Gasteiger partial charge in [0.1, 0.15) is 11.8 Å². The van der Waals surface area contributed by atoms with Gasteiger partial charge in [-0.1, -0.05) is 13.3 Å². The first-order chi connectivity index (χ1) is 9.15. The molecule has 1 aromatic rings. The highest BCUT2D eigenvalue weighted by Gasteiger charge is 2.19. The summed E-state index contributed by atoms with van der Waals surface area (Å²) in [6, 6.07) is 4.92. The van der Waals surface area contributed by atoms with Crippen LogP contribution in [0.15, 0.2) is 6.07 Å². The van der Waals surface area contributed by atoms with E-state index < -0.39 is 0 Å². The van der Waals surface area contributed by atoms with Crippen molar-refractivity contribution in [3.63, 3.8) is 0 Å². The van der Waals surface area contributed by atoms with Crippen LogP contribution >= 0.6 is 0 Å². The molecule has 1 N–H and O–H groups in total. The monoisotopic (exact) mass is 259 g/mol. The van der Waals surface area contributed by atoms with Gasteiger partial charge in [0, 0.05) is 25.3 Å². The quantitative estimate of drug-likeness (QED) is 0.901. The zero-order valence-electron chi connectivity index (χ0n) is 12.4. The van der Waals surface area contributed by atoms with Crippen molar-refractivity contribution in [1.82, 2.24) is 9.88 Å². The summed E-state index contributed by atoms with van der Waals surface area (Å²) >= 11 is 0. The Kier molecular flexibility index (Phi) is 4.66. The van der Waals surface area contributed by atoms with E-state index in [1.54, 1.807) is 0 Å². The fourth-order valence-electron chi connectivity index (χ4n) is 3.08. The average Bonchev–Trinajstić information content (AvgIpc) is 2.73. The van der Waals surface area contributed by atoms with Crippen LogP contribution in [-0.4, -0.2) is 10.6 Å². The molecule has 0 unspecified atom stereocenters. The van der Waals surface area contributed by atoms with E-state index in [9.17, 15) is 0 Å². The van der Waals surface area contributed by atoms with Gasteiger partial charge in [-0.3, -0.25) is 0 Å². The summed E-state index contributed by atoms with van der Waals surface area (Å²) in [5, 5.41) is 12.7. The number of nitrogens with zero attached hydrogens (tertiary/aromatic N) is 2. The third-order valence-corrected chi connectivity index (χ3v) is 4.76. The van der Waals surface area contributed by atoms with E-state index in [1.807, 2.05) is 17.7 Å². The van der Waals surface area contributed by atoms with E-state index in [2.05, 4.69) is 25.2 Å². The summed E-state index contributed by atoms with van der Waals surface area (Å²) in [4.78, 5) is 0. The Morgan fingerprint density at radius 2 is 2.05 bits per heavy atom. The van der Waals surface area contributed by atoms with Crippen molar-refractivity contribution in [3.05, 3.63) is 23.0 Å². The lowest BCUT2D eigenvalue weighted by atomic mass is 9.84. The van der Waals surface area contributed by atoms with Crippen LogP contribution in [0.4, 0.5) is 0 Å². The van der Waals surface area contributed by atoms with Crippen LogP contribution in [0.2, 0.25) is 0 Å². The van der Waals surface area contributed by atoms with Gasteiger partial charge < -0.3 is 9.88 Å². The lowest BCUT2D eigenvalue weighted by Gasteiger charge is -2.28. The molecule has 0 saturated heterocycles. The lowest BCUT2D eigenvalue weighted by molar-refractivity contribution is 0.285. The van der Waals surface area contributed by atoms with Crippen LogP contribution in [-0.2, 0) is 13.6 Å². The zero-order chi connectivity index (χ0) is 13.8. The molecule has 0 spiro atoms. The Bertz CT molecular complexity index is 459. The molecule has 1 aliphatic carbocycles. The van der Waals surface area contributed by atoms with Crippen molar-refractivity contribution >= 4 is 0 Å². The Labute approximate surface area is 116 Å². The van der Waals surface area contributed by atoms with Gasteiger partial charge in [-0.05, 0) is 50.2 Å². The van der Waals surface area contributed by atoms with Crippen LogP contribution in [0.3, 0.4) is 0 Å². The Hall–Kier alpha value is -1.27. The minimum absolute atomic E-state index is 0.660. The minimum atomic E-state index is 0.660. The number of nitrogens with one attached hydrogen (secondary N) is 1. The second-order valence-corrected chi connectivity index (χ2v) is 5.82. The highest BCUT2D eigenvalue weighted by Crippen LogP contribution is 2.26. The Balaban J connectivity index is 1.88. The first-order valence-corrected chi connectivity index (χ1v) is 7.44. The van der Waals surface area contributed by atoms with E-state index in [4.69, 9.17) is 5.26 Å². The average molecular weight is 259 g/mol. The molecule has 3 heteroatoms. The lowest BCUT2D eigenvalue weighted by Crippen LogP contribution is -2.32. The van der Waals surface area contributed by atoms with Crippen LogP contribution in [0.25, 0.3) is 0 Å². The maximum absolute atomic E-state index is 9.04. The molecule has 0 aromatic carbocycles. The predicted molar refractivity (Wildman–Crippen MR) is 77.7 cm³/mol. The van der Waals surface area contributed by atoms with Gasteiger partial charge in [0.05, 0.1) is 0 Å². The smallest absolute Gasteiger partial charge is 0.120 e. The molecule has 0 radical (unpaired) electrons. The molecular weight excluding hydrogens is 234 g/mol. The minimum Gasteiger partial charge on any atom is -0.340 e. The van der Waals surface area contributed by atoms with E-state index in [0.717, 1.165) is 18.2 Å². The van der Waals surface area contributed by atoms with Gasteiger partial charge in [-0.2, -0.15) is 5.26 Å². The van der Waals surface area contributed by atoms with Crippen molar-refractivity contribution in [3.8, 4) is 6.07 Å². The highest BCUT2D eigenvalue weighted by atomic mass is 15.0. The molecule has 104 valence electrons. The molecule has 1 fully saturated rings. The molecule has 0 aliphatic heterocycles. The first-order valence-electron chi connectivity index (χ1n) is 7.44. The molecule has 19 heavy (non-hydrogen) atoms. The Morgan fingerprint density at radius 1 is 1.37 bits per heavy atom. The summed E-state index contributed by atoms with van der Waals surface area (Å²) in [7, 11) is 1.96. The van der Waals surface area contributed by atoms with Gasteiger partial charge in [-0.25, -0.2) is 0 Å². The second-order valence-electron chi connectivity index (χ2n) is 5.82. The zero-order valence-corrected chi connectivity index (χ0v) is 12.4. The molecule has 1 aromatic heterocycles. The summed E-state index contributed by atoms with van der Waals surface area (Å²) in [5.41, 5.74) is 3.21. The first kappa shape index (κ1) is 14.1. The highest BCUT2D eigenvalue weighted by molar-refractivity contribution is 5.34. The maximum atomic E-state index is 9.04. The van der Waals surface area contributed by atoms with Gasteiger partial charge in [0.15, 0.2) is 0 Å². The topological polar surface area (TPSA) is 40.8 Å². The molecule has 1 aliphatic rings. The van der Waals surface area contributed by atoms with Crippen molar-refractivity contribution in [2.75, 3.05) is 0 Å². The van der Waals surface area contributed by atoms with E-state index in [0.29, 0.717) is 6.04 Å². The predicted octanol–water partition coefficient (Wildman–Crippen LogP) is 3.26. The molecule has 2 rings (SSSR count). The fourth-order valence-corrected chi connectivity index (χ4v) is 3.08. The maximum Gasteiger partial charge on any atom is 0.120 e. The summed E-state index contributed by atoms with van der Waals surface area (Å²) in [6.07, 6.45) is 6.66. The third kappa shape index (κ3) is 3.19. The molecule has 0 atom stereocenters. The van der Waals surface area contributed by atoms with E-state index >= 15 is 0 Å². The van der Waals surface area contributed by atoms with Crippen molar-refractivity contribution in [1.29, 1.82) is 5.26 Å². The van der Waals surface area contributed by atoms with Gasteiger partial charge >= 0.3 is 0 Å². The number of aromatic nitrogens is 1. The van der Waals surface area contributed by atoms with Crippen molar-refractivity contribution in [2.24, 2.45) is 13.0 Å².